The Labute approximate surface area is 166 Å². The molecule has 148 valence electrons. The number of nitrogens with two attached hydrogens (primary N) is 1. The molecule has 0 unspecified atom stereocenters. The van der Waals surface area contributed by atoms with Crippen LogP contribution in [0.5, 0.6) is 11.5 Å². The van der Waals surface area contributed by atoms with Crippen molar-refractivity contribution < 1.29 is 19.4 Å². The quantitative estimate of drug-likeness (QED) is 0.409. The van der Waals surface area contributed by atoms with Crippen LogP contribution in [-0.4, -0.2) is 33.1 Å². The summed E-state index contributed by atoms with van der Waals surface area (Å²) < 4.78 is 10.2. The highest BCUT2D eigenvalue weighted by Gasteiger charge is 2.08. The molecule has 0 saturated carbocycles. The molecule has 0 spiro atoms. The van der Waals surface area contributed by atoms with Gasteiger partial charge in [-0.3, -0.25) is 0 Å². The molecule has 4 N–H and O–H groups in total. The number of aromatic hydroxyl groups is 1. The van der Waals surface area contributed by atoms with Gasteiger partial charge in [-0.2, -0.15) is 15.0 Å². The van der Waals surface area contributed by atoms with E-state index in [-0.39, 0.29) is 30.1 Å². The highest BCUT2D eigenvalue weighted by atomic mass is 16.5. The molecule has 1 heterocycles. The summed E-state index contributed by atoms with van der Waals surface area (Å²) >= 11 is 0. The number of para-hydroxylation sites is 1. The number of hydrogen-bond acceptors (Lipinski definition) is 9. The van der Waals surface area contributed by atoms with Crippen LogP contribution >= 0.6 is 0 Å². The van der Waals surface area contributed by atoms with E-state index in [9.17, 15) is 9.90 Å². The maximum Gasteiger partial charge on any atom is 0.331 e. The van der Waals surface area contributed by atoms with E-state index in [1.54, 1.807) is 12.1 Å². The Morgan fingerprint density at radius 3 is 2.72 bits per heavy atom. The number of carbonyl (C=O) groups is 1. The van der Waals surface area contributed by atoms with E-state index in [1.165, 1.54) is 25.3 Å². The summed E-state index contributed by atoms with van der Waals surface area (Å²) in [6.07, 6.45) is 2.79. The van der Waals surface area contributed by atoms with Crippen LogP contribution in [0.25, 0.3) is 6.08 Å². The van der Waals surface area contributed by atoms with Crippen molar-refractivity contribution in [3.63, 3.8) is 0 Å². The van der Waals surface area contributed by atoms with Crippen LogP contribution in [0.4, 0.5) is 17.6 Å². The number of phenolic OH excluding ortho intramolecular Hbond substituents is 1. The van der Waals surface area contributed by atoms with Gasteiger partial charge in [0.2, 0.25) is 11.9 Å². The van der Waals surface area contributed by atoms with Crippen molar-refractivity contribution in [1.82, 2.24) is 15.0 Å². The summed E-state index contributed by atoms with van der Waals surface area (Å²) in [7, 11) is 1.44. The molecule has 1 aromatic heterocycles. The number of nitrogens with zero attached hydrogens (tertiary/aromatic N) is 3. The van der Waals surface area contributed by atoms with Gasteiger partial charge >= 0.3 is 5.97 Å². The zero-order chi connectivity index (χ0) is 20.6. The highest BCUT2D eigenvalue weighted by molar-refractivity contribution is 5.87. The van der Waals surface area contributed by atoms with Gasteiger partial charge in [-0.1, -0.05) is 24.3 Å². The van der Waals surface area contributed by atoms with Crippen LogP contribution < -0.4 is 15.8 Å². The Morgan fingerprint density at radius 1 is 1.17 bits per heavy atom. The Bertz CT molecular complexity index is 1020. The second-order valence-corrected chi connectivity index (χ2v) is 5.80. The average molecular weight is 393 g/mol. The number of carbonyl (C=O) groups excluding carboxylic acids is 1. The molecule has 0 saturated heterocycles. The van der Waals surface area contributed by atoms with Crippen molar-refractivity contribution in [3.05, 3.63) is 66.0 Å². The minimum Gasteiger partial charge on any atom is -0.504 e. The molecule has 9 nitrogen and oxygen atoms in total. The number of hydrogen-bond donors (Lipinski definition) is 3. The first-order valence-electron chi connectivity index (χ1n) is 8.58. The number of nitrogens with one attached hydrogen (secondary N) is 1. The Kier molecular flexibility index (Phi) is 6.21. The SMILES string of the molecule is COc1cc(/C=C/C(=O)OCc2nc(N)nc(Nc3ccccc3)n2)ccc1O. The Balaban J connectivity index is 1.61. The van der Waals surface area contributed by atoms with E-state index in [4.69, 9.17) is 15.2 Å². The van der Waals surface area contributed by atoms with Gasteiger partial charge < -0.3 is 25.6 Å². The van der Waals surface area contributed by atoms with Crippen LogP contribution in [0.1, 0.15) is 11.4 Å². The predicted octanol–water partition coefficient (Wildman–Crippen LogP) is 2.67. The topological polar surface area (TPSA) is 132 Å². The zero-order valence-corrected chi connectivity index (χ0v) is 15.6. The lowest BCUT2D eigenvalue weighted by molar-refractivity contribution is -0.139. The molecular formula is C20H19N5O4. The summed E-state index contributed by atoms with van der Waals surface area (Å²) in [6, 6.07) is 14.0. The summed E-state index contributed by atoms with van der Waals surface area (Å²) in [4.78, 5) is 24.1. The van der Waals surface area contributed by atoms with Gasteiger partial charge in [-0.15, -0.1) is 0 Å². The summed E-state index contributed by atoms with van der Waals surface area (Å²) in [5, 5.41) is 12.6. The fraction of sp³-hybridized carbons (Fsp3) is 0.100. The number of aromatic nitrogens is 3. The molecule has 3 rings (SSSR count). The number of anilines is 3. The minimum absolute atomic E-state index is 0.0104. The van der Waals surface area contributed by atoms with E-state index >= 15 is 0 Å². The number of rotatable bonds is 7. The van der Waals surface area contributed by atoms with E-state index in [2.05, 4.69) is 20.3 Å². The van der Waals surface area contributed by atoms with Crippen LogP contribution in [-0.2, 0) is 16.1 Å². The second-order valence-electron chi connectivity index (χ2n) is 5.80. The van der Waals surface area contributed by atoms with Gasteiger partial charge in [0.25, 0.3) is 0 Å². The average Bonchev–Trinajstić information content (AvgIpc) is 2.72. The van der Waals surface area contributed by atoms with E-state index < -0.39 is 5.97 Å². The lowest BCUT2D eigenvalue weighted by Gasteiger charge is -2.07. The molecule has 0 aliphatic rings. The van der Waals surface area contributed by atoms with Gasteiger partial charge in [-0.25, -0.2) is 4.79 Å². The van der Waals surface area contributed by atoms with Crippen molar-refractivity contribution in [2.24, 2.45) is 0 Å². The molecule has 0 aliphatic heterocycles. The third-order valence-electron chi connectivity index (χ3n) is 3.69. The monoisotopic (exact) mass is 393 g/mol. The molecular weight excluding hydrogens is 374 g/mol. The van der Waals surface area contributed by atoms with Gasteiger partial charge in [-0.05, 0) is 35.9 Å². The fourth-order valence-electron chi connectivity index (χ4n) is 2.35. The maximum atomic E-state index is 12.0. The largest absolute Gasteiger partial charge is 0.504 e. The minimum atomic E-state index is -0.589. The third kappa shape index (κ3) is 5.67. The van der Waals surface area contributed by atoms with E-state index in [1.807, 2.05) is 30.3 Å². The van der Waals surface area contributed by atoms with Crippen LogP contribution in [0.3, 0.4) is 0 Å². The molecule has 0 atom stereocenters. The van der Waals surface area contributed by atoms with E-state index in [0.29, 0.717) is 11.3 Å². The fourth-order valence-corrected chi connectivity index (χ4v) is 2.35. The van der Waals surface area contributed by atoms with Crippen LogP contribution in [0.15, 0.2) is 54.6 Å². The first kappa shape index (κ1) is 19.6. The first-order valence-corrected chi connectivity index (χ1v) is 8.58. The van der Waals surface area contributed by atoms with Crippen LogP contribution in [0, 0.1) is 0 Å². The molecule has 9 heteroatoms. The standard InChI is InChI=1S/C20H19N5O4/c1-28-16-11-13(7-9-15(16)26)8-10-18(27)29-12-17-23-19(21)25-20(24-17)22-14-5-3-2-4-6-14/h2-11,26H,12H2,1H3,(H3,21,22,23,24,25)/b10-8+. The van der Waals surface area contributed by atoms with E-state index in [0.717, 1.165) is 5.69 Å². The number of benzene rings is 2. The normalized spacial score (nSPS) is 10.7. The van der Waals surface area contributed by atoms with Crippen molar-refractivity contribution in [2.75, 3.05) is 18.2 Å². The van der Waals surface area contributed by atoms with Gasteiger partial charge in [0, 0.05) is 11.8 Å². The van der Waals surface area contributed by atoms with Crippen molar-refractivity contribution in [1.29, 1.82) is 0 Å². The molecule has 29 heavy (non-hydrogen) atoms. The van der Waals surface area contributed by atoms with Gasteiger partial charge in [0.05, 0.1) is 7.11 Å². The molecule has 0 fully saturated rings. The summed E-state index contributed by atoms with van der Waals surface area (Å²) in [5.74, 6) is 0.203. The maximum absolute atomic E-state index is 12.0. The van der Waals surface area contributed by atoms with Crippen LogP contribution in [0.2, 0.25) is 0 Å². The summed E-state index contributed by atoms with van der Waals surface area (Å²) in [5.41, 5.74) is 7.15. The molecule has 3 aromatic rings. The zero-order valence-electron chi connectivity index (χ0n) is 15.6. The first-order chi connectivity index (χ1) is 14.0. The third-order valence-corrected chi connectivity index (χ3v) is 3.69. The Hall–Kier alpha value is -4.14. The highest BCUT2D eigenvalue weighted by Crippen LogP contribution is 2.26. The summed E-state index contributed by atoms with van der Waals surface area (Å²) in [6.45, 7) is -0.168. The number of esters is 1. The predicted molar refractivity (Wildman–Crippen MR) is 107 cm³/mol. The molecule has 0 bridgehead atoms. The van der Waals surface area contributed by atoms with Gasteiger partial charge in [0.15, 0.2) is 23.9 Å². The smallest absolute Gasteiger partial charge is 0.331 e. The Morgan fingerprint density at radius 2 is 1.97 bits per heavy atom. The number of phenols is 1. The number of methoxy groups -OCH3 is 1. The van der Waals surface area contributed by atoms with Crippen molar-refractivity contribution in [2.45, 2.75) is 6.61 Å². The lowest BCUT2D eigenvalue weighted by Crippen LogP contribution is -2.10. The van der Waals surface area contributed by atoms with Crippen molar-refractivity contribution >= 4 is 29.6 Å². The molecule has 0 radical (unpaired) electrons. The number of ether oxygens (including phenoxy) is 2. The van der Waals surface area contributed by atoms with Gasteiger partial charge in [0.1, 0.15) is 0 Å². The molecule has 0 aliphatic carbocycles. The molecule has 0 amide bonds. The lowest BCUT2D eigenvalue weighted by atomic mass is 10.2. The number of nitrogen functional groups attached to an aromatic ring is 1. The van der Waals surface area contributed by atoms with Crippen molar-refractivity contribution in [3.8, 4) is 11.5 Å². The molecule has 2 aromatic carbocycles. The second kappa shape index (κ2) is 9.18.